The number of rotatable bonds is 6. The van der Waals surface area contributed by atoms with E-state index in [1.165, 1.54) is 19.2 Å². The molecule has 104 valence electrons. The molecule has 0 aliphatic carbocycles. The van der Waals surface area contributed by atoms with Crippen LogP contribution in [-0.4, -0.2) is 41.8 Å². The maximum atomic E-state index is 11.8. The highest BCUT2D eigenvalue weighted by molar-refractivity contribution is 5.97. The first-order valence-corrected chi connectivity index (χ1v) is 5.58. The Balaban J connectivity index is 2.61. The molecule has 1 aromatic rings. The van der Waals surface area contributed by atoms with Crippen LogP contribution in [0.2, 0.25) is 0 Å². The summed E-state index contributed by atoms with van der Waals surface area (Å²) in [6.45, 7) is 0.0415. The lowest BCUT2D eigenvalue weighted by Crippen LogP contribution is -2.30. The van der Waals surface area contributed by atoms with Crippen LogP contribution in [0.3, 0.4) is 0 Å². The summed E-state index contributed by atoms with van der Waals surface area (Å²) in [5.74, 6) is -1.41. The molecule has 0 spiro atoms. The number of benzene rings is 1. The fourth-order valence-corrected chi connectivity index (χ4v) is 1.44. The SMILES string of the molecule is COc1cc(N)ccc1C(=O)NCC[C@H](O)C(=O)O. The Hall–Kier alpha value is -2.28. The van der Waals surface area contributed by atoms with Gasteiger partial charge in [0.2, 0.25) is 0 Å². The number of nitrogens with one attached hydrogen (secondary N) is 1. The summed E-state index contributed by atoms with van der Waals surface area (Å²) < 4.78 is 5.03. The second-order valence-corrected chi connectivity index (χ2v) is 3.86. The Morgan fingerprint density at radius 3 is 2.74 bits per heavy atom. The number of aliphatic hydroxyl groups excluding tert-OH is 1. The number of methoxy groups -OCH3 is 1. The minimum Gasteiger partial charge on any atom is -0.496 e. The van der Waals surface area contributed by atoms with Gasteiger partial charge in [0.25, 0.3) is 5.91 Å². The van der Waals surface area contributed by atoms with Gasteiger partial charge in [-0.05, 0) is 12.1 Å². The number of carbonyl (C=O) groups excluding carboxylic acids is 1. The minimum absolute atomic E-state index is 0.0415. The molecule has 0 fully saturated rings. The Bertz CT molecular complexity index is 475. The van der Waals surface area contributed by atoms with Crippen LogP contribution in [0.5, 0.6) is 5.75 Å². The van der Waals surface area contributed by atoms with Gasteiger partial charge in [0.05, 0.1) is 12.7 Å². The lowest BCUT2D eigenvalue weighted by molar-refractivity contribution is -0.146. The van der Waals surface area contributed by atoms with Gasteiger partial charge in [-0.3, -0.25) is 4.79 Å². The zero-order chi connectivity index (χ0) is 14.4. The van der Waals surface area contributed by atoms with E-state index in [2.05, 4.69) is 5.32 Å². The molecular formula is C12H16N2O5. The third-order valence-corrected chi connectivity index (χ3v) is 2.46. The van der Waals surface area contributed by atoms with Crippen LogP contribution >= 0.6 is 0 Å². The number of nitrogens with two attached hydrogens (primary N) is 1. The number of aliphatic hydroxyl groups is 1. The van der Waals surface area contributed by atoms with Crippen LogP contribution in [0.25, 0.3) is 0 Å². The fraction of sp³-hybridized carbons (Fsp3) is 0.333. The Morgan fingerprint density at radius 1 is 1.47 bits per heavy atom. The molecule has 0 bridgehead atoms. The quantitative estimate of drug-likeness (QED) is 0.532. The van der Waals surface area contributed by atoms with Gasteiger partial charge in [-0.2, -0.15) is 0 Å². The summed E-state index contributed by atoms with van der Waals surface area (Å²) in [7, 11) is 1.42. The predicted molar refractivity (Wildman–Crippen MR) is 68.0 cm³/mol. The Labute approximate surface area is 110 Å². The van der Waals surface area contributed by atoms with E-state index in [0.29, 0.717) is 17.0 Å². The second kappa shape index (κ2) is 6.60. The zero-order valence-electron chi connectivity index (χ0n) is 10.4. The van der Waals surface area contributed by atoms with Crippen molar-refractivity contribution in [3.63, 3.8) is 0 Å². The van der Waals surface area contributed by atoms with Gasteiger partial charge in [0.15, 0.2) is 6.10 Å². The van der Waals surface area contributed by atoms with Crippen molar-refractivity contribution in [1.82, 2.24) is 5.32 Å². The minimum atomic E-state index is -1.49. The fourth-order valence-electron chi connectivity index (χ4n) is 1.44. The number of ether oxygens (including phenoxy) is 1. The Morgan fingerprint density at radius 2 is 2.16 bits per heavy atom. The average molecular weight is 268 g/mol. The van der Waals surface area contributed by atoms with E-state index in [1.54, 1.807) is 6.07 Å². The molecule has 0 aliphatic rings. The van der Waals surface area contributed by atoms with Gasteiger partial charge in [0.1, 0.15) is 5.75 Å². The smallest absolute Gasteiger partial charge is 0.332 e. The van der Waals surface area contributed by atoms with E-state index in [1.807, 2.05) is 0 Å². The molecule has 1 atom stereocenters. The molecule has 0 saturated heterocycles. The summed E-state index contributed by atoms with van der Waals surface area (Å²) in [6.07, 6.45) is -1.56. The average Bonchev–Trinajstić information content (AvgIpc) is 2.37. The second-order valence-electron chi connectivity index (χ2n) is 3.86. The summed E-state index contributed by atoms with van der Waals surface area (Å²) in [4.78, 5) is 22.2. The van der Waals surface area contributed by atoms with Crippen molar-refractivity contribution >= 4 is 17.6 Å². The van der Waals surface area contributed by atoms with E-state index in [0.717, 1.165) is 0 Å². The molecular weight excluding hydrogens is 252 g/mol. The number of carboxylic acids is 1. The summed E-state index contributed by atoms with van der Waals surface area (Å²) in [5.41, 5.74) is 6.33. The van der Waals surface area contributed by atoms with Gasteiger partial charge in [-0.15, -0.1) is 0 Å². The number of hydrogen-bond donors (Lipinski definition) is 4. The maximum absolute atomic E-state index is 11.8. The topological polar surface area (TPSA) is 122 Å². The first-order valence-electron chi connectivity index (χ1n) is 5.58. The van der Waals surface area contributed by atoms with Crippen molar-refractivity contribution in [2.45, 2.75) is 12.5 Å². The van der Waals surface area contributed by atoms with Crippen molar-refractivity contribution in [3.05, 3.63) is 23.8 Å². The van der Waals surface area contributed by atoms with Crippen molar-refractivity contribution in [3.8, 4) is 5.75 Å². The van der Waals surface area contributed by atoms with Gasteiger partial charge in [-0.1, -0.05) is 0 Å². The van der Waals surface area contributed by atoms with Crippen LogP contribution in [0, 0.1) is 0 Å². The van der Waals surface area contributed by atoms with Crippen LogP contribution in [0.15, 0.2) is 18.2 Å². The van der Waals surface area contributed by atoms with Crippen molar-refractivity contribution in [2.75, 3.05) is 19.4 Å². The maximum Gasteiger partial charge on any atom is 0.332 e. The van der Waals surface area contributed by atoms with Crippen LogP contribution in [0.4, 0.5) is 5.69 Å². The number of amides is 1. The molecule has 0 unspecified atom stereocenters. The Kier molecular flexibility index (Phi) is 5.13. The highest BCUT2D eigenvalue weighted by atomic mass is 16.5. The monoisotopic (exact) mass is 268 g/mol. The normalized spacial score (nSPS) is 11.7. The van der Waals surface area contributed by atoms with Gasteiger partial charge < -0.3 is 26.0 Å². The molecule has 0 heterocycles. The lowest BCUT2D eigenvalue weighted by atomic mass is 10.1. The molecule has 1 amide bonds. The number of anilines is 1. The van der Waals surface area contributed by atoms with Crippen LogP contribution in [-0.2, 0) is 4.79 Å². The molecule has 1 aromatic carbocycles. The standard InChI is InChI=1S/C12H16N2O5/c1-19-10-6-7(13)2-3-8(10)11(16)14-5-4-9(15)12(17)18/h2-3,6,9,15H,4-5,13H2,1H3,(H,14,16)(H,17,18)/t9-/m0/s1. The largest absolute Gasteiger partial charge is 0.496 e. The van der Waals surface area contributed by atoms with E-state index < -0.39 is 18.0 Å². The van der Waals surface area contributed by atoms with Crippen LogP contribution in [0.1, 0.15) is 16.8 Å². The highest BCUT2D eigenvalue weighted by Crippen LogP contribution is 2.21. The molecule has 0 aliphatic heterocycles. The third kappa shape index (κ3) is 4.14. The lowest BCUT2D eigenvalue weighted by Gasteiger charge is -2.10. The predicted octanol–water partition coefficient (Wildman–Crippen LogP) is -0.157. The van der Waals surface area contributed by atoms with E-state index in [9.17, 15) is 9.59 Å². The highest BCUT2D eigenvalue weighted by Gasteiger charge is 2.15. The van der Waals surface area contributed by atoms with E-state index >= 15 is 0 Å². The number of carboxylic acid groups (broad SMARTS) is 1. The van der Waals surface area contributed by atoms with Gasteiger partial charge >= 0.3 is 5.97 Å². The number of carbonyl (C=O) groups is 2. The molecule has 7 heteroatoms. The number of hydrogen-bond acceptors (Lipinski definition) is 5. The molecule has 19 heavy (non-hydrogen) atoms. The number of aliphatic carboxylic acids is 1. The summed E-state index contributed by atoms with van der Waals surface area (Å²) in [5, 5.41) is 20.0. The van der Waals surface area contributed by atoms with Gasteiger partial charge in [0, 0.05) is 24.7 Å². The van der Waals surface area contributed by atoms with E-state index in [4.69, 9.17) is 20.7 Å². The summed E-state index contributed by atoms with van der Waals surface area (Å²) in [6, 6.07) is 4.58. The zero-order valence-corrected chi connectivity index (χ0v) is 10.4. The van der Waals surface area contributed by atoms with Gasteiger partial charge in [-0.25, -0.2) is 4.79 Å². The first kappa shape index (κ1) is 14.8. The molecule has 1 rings (SSSR count). The van der Waals surface area contributed by atoms with Crippen LogP contribution < -0.4 is 15.8 Å². The number of nitrogen functional groups attached to an aromatic ring is 1. The first-order chi connectivity index (χ1) is 8.95. The third-order valence-electron chi connectivity index (χ3n) is 2.46. The molecule has 5 N–H and O–H groups in total. The summed E-state index contributed by atoms with van der Waals surface area (Å²) >= 11 is 0. The van der Waals surface area contributed by atoms with E-state index in [-0.39, 0.29) is 13.0 Å². The molecule has 0 saturated carbocycles. The molecule has 0 radical (unpaired) electrons. The van der Waals surface area contributed by atoms with Crippen molar-refractivity contribution < 1.29 is 24.5 Å². The van der Waals surface area contributed by atoms with Crippen molar-refractivity contribution in [2.24, 2.45) is 0 Å². The molecule has 0 aromatic heterocycles. The van der Waals surface area contributed by atoms with Crippen molar-refractivity contribution in [1.29, 1.82) is 0 Å². The molecule has 7 nitrogen and oxygen atoms in total.